The van der Waals surface area contributed by atoms with Crippen LogP contribution in [0.15, 0.2) is 0 Å². The van der Waals surface area contributed by atoms with E-state index in [1.54, 1.807) is 0 Å². The third kappa shape index (κ3) is 10.00. The molecule has 2 aliphatic carbocycles. The summed E-state index contributed by atoms with van der Waals surface area (Å²) in [5, 5.41) is 0. The fourth-order valence-electron chi connectivity index (χ4n) is 4.71. The molecule has 0 heterocycles. The maximum atomic E-state index is 12.4. The monoisotopic (exact) mass is 408 g/mol. The highest BCUT2D eigenvalue weighted by Crippen LogP contribution is 2.31. The van der Waals surface area contributed by atoms with E-state index in [1.165, 1.54) is 64.2 Å². The van der Waals surface area contributed by atoms with E-state index in [0.717, 1.165) is 51.4 Å². The summed E-state index contributed by atoms with van der Waals surface area (Å²) in [6.07, 6.45) is 20.3. The molecule has 0 aromatic rings. The Morgan fingerprint density at radius 3 is 1.76 bits per heavy atom. The first kappa shape index (κ1) is 24.2. The van der Waals surface area contributed by atoms with Gasteiger partial charge in [0.1, 0.15) is 6.10 Å². The van der Waals surface area contributed by atoms with E-state index >= 15 is 0 Å². The SMILES string of the molecule is CCCCCCCCCCCOC(=O)C1CCC(C(=O)OC2CCCCC2)CC1. The van der Waals surface area contributed by atoms with Crippen molar-refractivity contribution in [1.29, 1.82) is 0 Å². The van der Waals surface area contributed by atoms with Gasteiger partial charge in [-0.25, -0.2) is 0 Å². The Hall–Kier alpha value is -1.06. The Balaban J connectivity index is 1.47. The van der Waals surface area contributed by atoms with Gasteiger partial charge in [-0.05, 0) is 57.8 Å². The van der Waals surface area contributed by atoms with E-state index in [1.807, 2.05) is 0 Å². The van der Waals surface area contributed by atoms with Crippen LogP contribution in [0.1, 0.15) is 122 Å². The summed E-state index contributed by atoms with van der Waals surface area (Å²) in [4.78, 5) is 24.7. The maximum Gasteiger partial charge on any atom is 0.309 e. The number of carbonyl (C=O) groups is 2. The summed E-state index contributed by atoms with van der Waals surface area (Å²) in [5.41, 5.74) is 0. The minimum absolute atomic E-state index is 0.0155. The number of carbonyl (C=O) groups excluding carboxylic acids is 2. The molecular formula is C25H44O4. The predicted octanol–water partition coefficient (Wildman–Crippen LogP) is 6.74. The van der Waals surface area contributed by atoms with Gasteiger partial charge in [0.15, 0.2) is 0 Å². The molecule has 2 saturated carbocycles. The van der Waals surface area contributed by atoms with E-state index in [-0.39, 0.29) is 29.9 Å². The Bertz CT molecular complexity index is 448. The van der Waals surface area contributed by atoms with Gasteiger partial charge in [0.2, 0.25) is 0 Å². The van der Waals surface area contributed by atoms with Gasteiger partial charge in [0.05, 0.1) is 18.4 Å². The van der Waals surface area contributed by atoms with E-state index in [9.17, 15) is 9.59 Å². The number of ether oxygens (including phenoxy) is 2. The van der Waals surface area contributed by atoms with Gasteiger partial charge in [-0.2, -0.15) is 0 Å². The maximum absolute atomic E-state index is 12.4. The zero-order valence-electron chi connectivity index (χ0n) is 18.8. The molecule has 2 rings (SSSR count). The zero-order valence-corrected chi connectivity index (χ0v) is 18.8. The minimum Gasteiger partial charge on any atom is -0.465 e. The van der Waals surface area contributed by atoms with Gasteiger partial charge in [-0.1, -0.05) is 64.7 Å². The number of esters is 2. The lowest BCUT2D eigenvalue weighted by atomic mass is 9.82. The zero-order chi connectivity index (χ0) is 20.7. The van der Waals surface area contributed by atoms with Gasteiger partial charge in [0, 0.05) is 0 Å². The van der Waals surface area contributed by atoms with E-state index in [4.69, 9.17) is 9.47 Å². The van der Waals surface area contributed by atoms with Gasteiger partial charge in [0.25, 0.3) is 0 Å². The van der Waals surface area contributed by atoms with Crippen molar-refractivity contribution in [3.05, 3.63) is 0 Å². The Kier molecular flexibility index (Phi) is 12.4. The highest BCUT2D eigenvalue weighted by molar-refractivity contribution is 5.75. The topological polar surface area (TPSA) is 52.6 Å². The molecule has 0 amide bonds. The van der Waals surface area contributed by atoms with Crippen molar-refractivity contribution >= 4 is 11.9 Å². The van der Waals surface area contributed by atoms with E-state index < -0.39 is 0 Å². The molecule has 0 spiro atoms. The van der Waals surface area contributed by atoms with Gasteiger partial charge >= 0.3 is 11.9 Å². The molecule has 0 aromatic carbocycles. The lowest BCUT2D eigenvalue weighted by Gasteiger charge is -2.28. The molecule has 29 heavy (non-hydrogen) atoms. The highest BCUT2D eigenvalue weighted by Gasteiger charge is 2.32. The third-order valence-electron chi connectivity index (χ3n) is 6.72. The second kappa shape index (κ2) is 14.8. The van der Waals surface area contributed by atoms with Crippen molar-refractivity contribution in [3.63, 3.8) is 0 Å². The first-order chi connectivity index (χ1) is 14.2. The molecule has 0 N–H and O–H groups in total. The van der Waals surface area contributed by atoms with Crippen molar-refractivity contribution in [3.8, 4) is 0 Å². The quantitative estimate of drug-likeness (QED) is 0.250. The van der Waals surface area contributed by atoms with Crippen LogP contribution in [0, 0.1) is 11.8 Å². The highest BCUT2D eigenvalue weighted by atomic mass is 16.5. The smallest absolute Gasteiger partial charge is 0.309 e. The molecule has 2 aliphatic rings. The fraction of sp³-hybridized carbons (Fsp3) is 0.920. The summed E-state index contributed by atoms with van der Waals surface area (Å²) in [5.74, 6) is -0.118. The average molecular weight is 409 g/mol. The lowest BCUT2D eigenvalue weighted by molar-refractivity contribution is -0.159. The molecular weight excluding hydrogens is 364 g/mol. The number of hydrogen-bond acceptors (Lipinski definition) is 4. The van der Waals surface area contributed by atoms with Crippen molar-refractivity contribution in [2.75, 3.05) is 6.61 Å². The number of hydrogen-bond donors (Lipinski definition) is 0. The van der Waals surface area contributed by atoms with E-state index in [0.29, 0.717) is 6.61 Å². The third-order valence-corrected chi connectivity index (χ3v) is 6.72. The van der Waals surface area contributed by atoms with Crippen LogP contribution < -0.4 is 0 Å². The van der Waals surface area contributed by atoms with Crippen LogP contribution in [0.2, 0.25) is 0 Å². The molecule has 0 radical (unpaired) electrons. The molecule has 0 bridgehead atoms. The Labute approximate surface area is 178 Å². The Morgan fingerprint density at radius 2 is 1.17 bits per heavy atom. The largest absolute Gasteiger partial charge is 0.465 e. The molecule has 0 atom stereocenters. The average Bonchev–Trinajstić information content (AvgIpc) is 2.75. The number of rotatable bonds is 13. The molecule has 0 aliphatic heterocycles. The van der Waals surface area contributed by atoms with Crippen molar-refractivity contribution in [2.45, 2.75) is 129 Å². The summed E-state index contributed by atoms with van der Waals surface area (Å²) in [6, 6.07) is 0. The molecule has 0 unspecified atom stereocenters. The summed E-state index contributed by atoms with van der Waals surface area (Å²) in [7, 11) is 0. The summed E-state index contributed by atoms with van der Waals surface area (Å²) in [6.45, 7) is 2.80. The molecule has 0 aromatic heterocycles. The fourth-order valence-corrected chi connectivity index (χ4v) is 4.71. The molecule has 168 valence electrons. The first-order valence-electron chi connectivity index (χ1n) is 12.6. The molecule has 2 fully saturated rings. The normalized spacial score (nSPS) is 22.9. The van der Waals surface area contributed by atoms with Gasteiger partial charge in [-0.3, -0.25) is 9.59 Å². The molecule has 4 heteroatoms. The Morgan fingerprint density at radius 1 is 0.655 bits per heavy atom. The van der Waals surface area contributed by atoms with Crippen molar-refractivity contribution < 1.29 is 19.1 Å². The van der Waals surface area contributed by atoms with Crippen LogP contribution in [-0.2, 0) is 19.1 Å². The lowest BCUT2D eigenvalue weighted by Crippen LogP contribution is -2.31. The van der Waals surface area contributed by atoms with Gasteiger partial charge < -0.3 is 9.47 Å². The van der Waals surface area contributed by atoms with Crippen LogP contribution in [0.3, 0.4) is 0 Å². The minimum atomic E-state index is -0.0522. The predicted molar refractivity (Wildman–Crippen MR) is 117 cm³/mol. The second-order valence-electron chi connectivity index (χ2n) is 9.24. The van der Waals surface area contributed by atoms with Crippen LogP contribution in [-0.4, -0.2) is 24.6 Å². The second-order valence-corrected chi connectivity index (χ2v) is 9.24. The van der Waals surface area contributed by atoms with Crippen LogP contribution in [0.25, 0.3) is 0 Å². The van der Waals surface area contributed by atoms with Crippen LogP contribution in [0.4, 0.5) is 0 Å². The van der Waals surface area contributed by atoms with Gasteiger partial charge in [-0.15, -0.1) is 0 Å². The number of unbranched alkanes of at least 4 members (excludes halogenated alkanes) is 8. The molecule has 0 saturated heterocycles. The first-order valence-corrected chi connectivity index (χ1v) is 12.6. The van der Waals surface area contributed by atoms with Crippen LogP contribution in [0.5, 0.6) is 0 Å². The van der Waals surface area contributed by atoms with E-state index in [2.05, 4.69) is 6.92 Å². The summed E-state index contributed by atoms with van der Waals surface area (Å²) >= 11 is 0. The molecule has 4 nitrogen and oxygen atoms in total. The van der Waals surface area contributed by atoms with Crippen molar-refractivity contribution in [2.24, 2.45) is 11.8 Å². The standard InChI is InChI=1S/C25H44O4/c1-2-3-4-5-6-7-8-9-13-20-28-24(26)21-16-18-22(19-17-21)25(27)29-23-14-11-10-12-15-23/h21-23H,2-20H2,1H3. The van der Waals surface area contributed by atoms with Crippen LogP contribution >= 0.6 is 0 Å². The van der Waals surface area contributed by atoms with Crippen molar-refractivity contribution in [1.82, 2.24) is 0 Å². The summed E-state index contributed by atoms with van der Waals surface area (Å²) < 4.78 is 11.2.